The van der Waals surface area contributed by atoms with E-state index in [4.69, 9.17) is 10.5 Å². The van der Waals surface area contributed by atoms with Gasteiger partial charge in [0, 0.05) is 5.75 Å². The molecule has 4 aromatic rings. The molecule has 0 aliphatic carbocycles. The molecule has 4 aromatic heterocycles. The molecule has 0 spiro atoms. The number of anilines is 1. The number of aromatic nitrogens is 7. The molecule has 5 rings (SSSR count). The van der Waals surface area contributed by atoms with Crippen molar-refractivity contribution in [1.29, 1.82) is 0 Å². The number of hydrogen-bond acceptors (Lipinski definition) is 10. The lowest BCUT2D eigenvalue weighted by atomic mass is 10.1. The van der Waals surface area contributed by atoms with Crippen molar-refractivity contribution in [2.24, 2.45) is 0 Å². The fraction of sp³-hybridized carbons (Fsp3) is 0.312. The van der Waals surface area contributed by atoms with Crippen LogP contribution in [0, 0.1) is 0 Å². The molecule has 12 heteroatoms. The molecule has 0 saturated carbocycles. The molecule has 0 bridgehead atoms. The number of aromatic amines is 1. The number of aliphatic hydroxyl groups is 2. The van der Waals surface area contributed by atoms with Crippen molar-refractivity contribution in [3.8, 4) is 0 Å². The highest BCUT2D eigenvalue weighted by atomic mass is 32.2. The molecule has 1 aliphatic rings. The molecule has 4 atom stereocenters. The predicted octanol–water partition coefficient (Wildman–Crippen LogP) is 0.0913. The van der Waals surface area contributed by atoms with Crippen LogP contribution in [-0.2, 0) is 4.74 Å². The number of thioether (sulfide) groups is 1. The van der Waals surface area contributed by atoms with E-state index in [-0.39, 0.29) is 5.82 Å². The SMILES string of the molecule is Nc1ncnc2c1ncn2[C@@H]1O[C@H](CSc2ccc3[nH]cnc3n2)[C@@H](O)[C@H]1O. The minimum absolute atomic E-state index is 0.240. The van der Waals surface area contributed by atoms with Crippen LogP contribution >= 0.6 is 11.8 Å². The van der Waals surface area contributed by atoms with E-state index in [9.17, 15) is 10.2 Å². The van der Waals surface area contributed by atoms with Crippen LogP contribution in [0.2, 0.25) is 0 Å². The number of H-pyrrole nitrogens is 1. The smallest absolute Gasteiger partial charge is 0.178 e. The third kappa shape index (κ3) is 2.77. The normalized spacial score (nSPS) is 25.1. The van der Waals surface area contributed by atoms with Crippen LogP contribution in [0.4, 0.5) is 5.82 Å². The zero-order valence-electron chi connectivity index (χ0n) is 14.4. The quantitative estimate of drug-likeness (QED) is 0.346. The lowest BCUT2D eigenvalue weighted by Gasteiger charge is -2.16. The van der Waals surface area contributed by atoms with Crippen LogP contribution in [0.3, 0.4) is 0 Å². The fourth-order valence-corrected chi connectivity index (χ4v) is 4.13. The van der Waals surface area contributed by atoms with Gasteiger partial charge in [-0.1, -0.05) is 0 Å². The summed E-state index contributed by atoms with van der Waals surface area (Å²) >= 11 is 1.42. The van der Waals surface area contributed by atoms with Crippen molar-refractivity contribution in [3.05, 3.63) is 31.1 Å². The maximum Gasteiger partial charge on any atom is 0.178 e. The number of ether oxygens (including phenoxy) is 1. The largest absolute Gasteiger partial charge is 0.387 e. The summed E-state index contributed by atoms with van der Waals surface area (Å²) in [5.74, 6) is 0.644. The van der Waals surface area contributed by atoms with Gasteiger partial charge in [-0.25, -0.2) is 24.9 Å². The van der Waals surface area contributed by atoms with Crippen molar-refractivity contribution in [2.75, 3.05) is 11.5 Å². The van der Waals surface area contributed by atoms with Crippen molar-refractivity contribution < 1.29 is 14.9 Å². The Bertz CT molecular complexity index is 1150. The van der Waals surface area contributed by atoms with E-state index in [1.807, 2.05) is 12.1 Å². The first-order chi connectivity index (χ1) is 13.6. The number of fused-ring (bicyclic) bond motifs is 2. The summed E-state index contributed by atoms with van der Waals surface area (Å²) in [6.45, 7) is 0. The standard InChI is InChI=1S/C16H16N8O3S/c17-13-10-15(21-5-19-13)24(6-22-10)16-12(26)11(25)8(27-16)3-28-9-2-1-7-14(23-9)20-4-18-7/h1-2,4-6,8,11-12,16,25-26H,3H2,(H2,17,19,21)(H,18,20,23)/t8-,11-,12-,16-/m1/s1. The second-order valence-electron chi connectivity index (χ2n) is 6.36. The van der Waals surface area contributed by atoms with E-state index >= 15 is 0 Å². The molecule has 0 unspecified atom stereocenters. The molecular formula is C16H16N8O3S. The summed E-state index contributed by atoms with van der Waals surface area (Å²) in [7, 11) is 0. The summed E-state index contributed by atoms with van der Waals surface area (Å²) < 4.78 is 7.48. The van der Waals surface area contributed by atoms with Gasteiger partial charge in [0.25, 0.3) is 0 Å². The van der Waals surface area contributed by atoms with Crippen LogP contribution in [0.1, 0.15) is 6.23 Å². The third-order valence-corrected chi connectivity index (χ3v) is 5.67. The molecule has 1 aliphatic heterocycles. The van der Waals surface area contributed by atoms with Gasteiger partial charge in [0.2, 0.25) is 0 Å². The Morgan fingerprint density at radius 3 is 2.96 bits per heavy atom. The Labute approximate surface area is 162 Å². The summed E-state index contributed by atoms with van der Waals surface area (Å²) in [6, 6.07) is 3.76. The van der Waals surface area contributed by atoms with E-state index in [1.165, 1.54) is 24.4 Å². The molecule has 144 valence electrons. The van der Waals surface area contributed by atoms with Crippen LogP contribution in [0.15, 0.2) is 36.1 Å². The number of nitrogens with zero attached hydrogens (tertiary/aromatic N) is 6. The highest BCUT2D eigenvalue weighted by Gasteiger charge is 2.44. The average molecular weight is 400 g/mol. The van der Waals surface area contributed by atoms with Crippen molar-refractivity contribution in [3.63, 3.8) is 0 Å². The van der Waals surface area contributed by atoms with Gasteiger partial charge in [-0.3, -0.25) is 4.57 Å². The van der Waals surface area contributed by atoms with Crippen LogP contribution in [-0.4, -0.2) is 68.7 Å². The Morgan fingerprint density at radius 1 is 1.18 bits per heavy atom. The molecule has 0 amide bonds. The maximum atomic E-state index is 10.5. The van der Waals surface area contributed by atoms with Crippen molar-refractivity contribution in [1.82, 2.24) is 34.5 Å². The third-order valence-electron chi connectivity index (χ3n) is 4.65. The number of nitrogen functional groups attached to an aromatic ring is 1. The Hall–Kier alpha value is -2.80. The average Bonchev–Trinajstić information content (AvgIpc) is 3.40. The molecule has 0 aromatic carbocycles. The van der Waals surface area contributed by atoms with Crippen LogP contribution in [0.25, 0.3) is 22.3 Å². The molecule has 5 N–H and O–H groups in total. The molecule has 28 heavy (non-hydrogen) atoms. The lowest BCUT2D eigenvalue weighted by molar-refractivity contribution is -0.0289. The van der Waals surface area contributed by atoms with Gasteiger partial charge >= 0.3 is 0 Å². The van der Waals surface area contributed by atoms with Crippen LogP contribution in [0.5, 0.6) is 0 Å². The Balaban J connectivity index is 1.35. The lowest BCUT2D eigenvalue weighted by Crippen LogP contribution is -2.32. The van der Waals surface area contributed by atoms with Gasteiger partial charge in [-0.05, 0) is 12.1 Å². The molecule has 1 fully saturated rings. The van der Waals surface area contributed by atoms with Gasteiger partial charge in [-0.15, -0.1) is 11.8 Å². The van der Waals surface area contributed by atoms with E-state index in [0.29, 0.717) is 22.6 Å². The highest BCUT2D eigenvalue weighted by Crippen LogP contribution is 2.34. The number of aliphatic hydroxyl groups excluding tert-OH is 2. The van der Waals surface area contributed by atoms with Gasteiger partial charge in [0.15, 0.2) is 23.3 Å². The van der Waals surface area contributed by atoms with Crippen molar-refractivity contribution in [2.45, 2.75) is 29.6 Å². The van der Waals surface area contributed by atoms with Crippen molar-refractivity contribution >= 4 is 39.9 Å². The number of imidazole rings is 2. The molecule has 11 nitrogen and oxygen atoms in total. The van der Waals surface area contributed by atoms with E-state index in [2.05, 4.69) is 29.9 Å². The first kappa shape index (κ1) is 17.3. The highest BCUT2D eigenvalue weighted by molar-refractivity contribution is 7.99. The predicted molar refractivity (Wildman–Crippen MR) is 100 cm³/mol. The van der Waals surface area contributed by atoms with Gasteiger partial charge in [0.05, 0.1) is 29.3 Å². The summed E-state index contributed by atoms with van der Waals surface area (Å²) in [5, 5.41) is 21.7. The zero-order chi connectivity index (χ0) is 19.3. The monoisotopic (exact) mass is 400 g/mol. The minimum atomic E-state index is -1.14. The Morgan fingerprint density at radius 2 is 2.07 bits per heavy atom. The second-order valence-corrected chi connectivity index (χ2v) is 7.40. The zero-order valence-corrected chi connectivity index (χ0v) is 15.2. The first-order valence-electron chi connectivity index (χ1n) is 8.49. The number of nitrogens with one attached hydrogen (secondary N) is 1. The molecular weight excluding hydrogens is 384 g/mol. The van der Waals surface area contributed by atoms with E-state index in [0.717, 1.165) is 10.5 Å². The summed E-state index contributed by atoms with van der Waals surface area (Å²) in [6.07, 6.45) is 0.739. The van der Waals surface area contributed by atoms with E-state index in [1.54, 1.807) is 10.9 Å². The molecule has 0 radical (unpaired) electrons. The topological polar surface area (TPSA) is 161 Å². The fourth-order valence-electron chi connectivity index (χ4n) is 3.21. The van der Waals surface area contributed by atoms with Gasteiger partial charge in [-0.2, -0.15) is 0 Å². The van der Waals surface area contributed by atoms with Gasteiger partial charge in [0.1, 0.15) is 24.1 Å². The van der Waals surface area contributed by atoms with Gasteiger partial charge < -0.3 is 25.7 Å². The molecule has 5 heterocycles. The second kappa shape index (κ2) is 6.67. The van der Waals surface area contributed by atoms with Crippen LogP contribution < -0.4 is 5.73 Å². The number of pyridine rings is 1. The molecule has 1 saturated heterocycles. The van der Waals surface area contributed by atoms with E-state index < -0.39 is 24.5 Å². The number of hydrogen-bond donors (Lipinski definition) is 4. The number of nitrogens with two attached hydrogens (primary N) is 1. The Kier molecular flexibility index (Phi) is 4.12. The first-order valence-corrected chi connectivity index (χ1v) is 9.48. The summed E-state index contributed by atoms with van der Waals surface area (Å²) in [4.78, 5) is 23.8. The maximum absolute atomic E-state index is 10.5. The summed E-state index contributed by atoms with van der Waals surface area (Å²) in [5.41, 5.74) is 8.13. The number of rotatable bonds is 4. The minimum Gasteiger partial charge on any atom is -0.387 e.